The van der Waals surface area contributed by atoms with E-state index in [-0.39, 0.29) is 19.1 Å². The SMILES string of the molecule is C.CC(N)c1cc(C(F)(F)F)cc(C(F)(F)F)c1. The first-order chi connectivity index (χ1) is 7.51. The van der Waals surface area contributed by atoms with E-state index in [1.165, 1.54) is 6.92 Å². The van der Waals surface area contributed by atoms with Crippen LogP contribution in [0.3, 0.4) is 0 Å². The van der Waals surface area contributed by atoms with Gasteiger partial charge in [-0.05, 0) is 30.7 Å². The molecule has 0 bridgehead atoms. The summed E-state index contributed by atoms with van der Waals surface area (Å²) in [6.07, 6.45) is -9.66. The van der Waals surface area contributed by atoms with Crippen molar-refractivity contribution in [2.45, 2.75) is 32.7 Å². The molecule has 0 heterocycles. The molecular weight excluding hydrogens is 260 g/mol. The predicted molar refractivity (Wildman–Crippen MR) is 55.8 cm³/mol. The lowest BCUT2D eigenvalue weighted by atomic mass is 10.0. The van der Waals surface area contributed by atoms with Gasteiger partial charge in [-0.15, -0.1) is 0 Å². The third kappa shape index (κ3) is 3.90. The molecule has 0 aliphatic rings. The Morgan fingerprint density at radius 1 is 0.889 bits per heavy atom. The first-order valence-electron chi connectivity index (χ1n) is 4.57. The second-order valence-electron chi connectivity index (χ2n) is 3.63. The van der Waals surface area contributed by atoms with Gasteiger partial charge in [0.25, 0.3) is 0 Å². The van der Waals surface area contributed by atoms with Crippen LogP contribution in [0.5, 0.6) is 0 Å². The van der Waals surface area contributed by atoms with E-state index in [1.54, 1.807) is 0 Å². The van der Waals surface area contributed by atoms with Crippen molar-refractivity contribution >= 4 is 0 Å². The summed E-state index contributed by atoms with van der Waals surface area (Å²) in [5.74, 6) is 0. The molecule has 1 aromatic rings. The molecule has 1 rings (SSSR count). The second-order valence-corrected chi connectivity index (χ2v) is 3.63. The molecule has 1 atom stereocenters. The van der Waals surface area contributed by atoms with Crippen LogP contribution in [-0.4, -0.2) is 0 Å². The third-order valence-corrected chi connectivity index (χ3v) is 2.14. The Morgan fingerprint density at radius 3 is 1.44 bits per heavy atom. The largest absolute Gasteiger partial charge is 0.416 e. The topological polar surface area (TPSA) is 26.0 Å². The maximum atomic E-state index is 12.4. The van der Waals surface area contributed by atoms with Crippen LogP contribution in [0.15, 0.2) is 18.2 Å². The van der Waals surface area contributed by atoms with Gasteiger partial charge in [-0.2, -0.15) is 26.3 Å². The van der Waals surface area contributed by atoms with E-state index in [1.807, 2.05) is 0 Å². The Bertz CT molecular complexity index is 373. The summed E-state index contributed by atoms with van der Waals surface area (Å²) in [4.78, 5) is 0. The van der Waals surface area contributed by atoms with Gasteiger partial charge in [0.15, 0.2) is 0 Å². The maximum absolute atomic E-state index is 12.4. The van der Waals surface area contributed by atoms with Crippen LogP contribution in [-0.2, 0) is 12.4 Å². The van der Waals surface area contributed by atoms with Crippen LogP contribution < -0.4 is 5.73 Å². The minimum Gasteiger partial charge on any atom is -0.324 e. The van der Waals surface area contributed by atoms with Crippen LogP contribution >= 0.6 is 0 Å². The molecule has 18 heavy (non-hydrogen) atoms. The lowest BCUT2D eigenvalue weighted by Gasteiger charge is -2.15. The molecule has 7 heteroatoms. The average molecular weight is 273 g/mol. The molecule has 0 aromatic heterocycles. The molecular formula is C11H13F6N. The van der Waals surface area contributed by atoms with E-state index < -0.39 is 29.5 Å². The quantitative estimate of drug-likeness (QED) is 0.755. The normalized spacial score (nSPS) is 14.0. The molecule has 104 valence electrons. The minimum absolute atomic E-state index is 0. The minimum atomic E-state index is -4.83. The van der Waals surface area contributed by atoms with Crippen LogP contribution in [0.1, 0.15) is 37.1 Å². The average Bonchev–Trinajstić information content (AvgIpc) is 2.14. The Balaban J connectivity index is 0.00000289. The van der Waals surface area contributed by atoms with Crippen LogP contribution in [0.25, 0.3) is 0 Å². The van der Waals surface area contributed by atoms with Crippen molar-refractivity contribution in [3.8, 4) is 0 Å². The summed E-state index contributed by atoms with van der Waals surface area (Å²) < 4.78 is 74.3. The highest BCUT2D eigenvalue weighted by Gasteiger charge is 2.37. The van der Waals surface area contributed by atoms with Crippen molar-refractivity contribution in [1.29, 1.82) is 0 Å². The van der Waals surface area contributed by atoms with E-state index in [4.69, 9.17) is 5.73 Å². The first-order valence-corrected chi connectivity index (χ1v) is 4.57. The van der Waals surface area contributed by atoms with E-state index in [0.717, 1.165) is 0 Å². The van der Waals surface area contributed by atoms with Crippen molar-refractivity contribution < 1.29 is 26.3 Å². The molecule has 1 aromatic carbocycles. The summed E-state index contributed by atoms with van der Waals surface area (Å²) in [6.45, 7) is 1.32. The molecule has 0 saturated carbocycles. The van der Waals surface area contributed by atoms with Gasteiger partial charge < -0.3 is 5.73 Å². The number of hydrogen-bond acceptors (Lipinski definition) is 1. The summed E-state index contributed by atoms with van der Waals surface area (Å²) in [5, 5.41) is 0. The van der Waals surface area contributed by atoms with Gasteiger partial charge in [-0.25, -0.2) is 0 Å². The Kier molecular flexibility index (Phi) is 4.82. The molecule has 0 aliphatic heterocycles. The zero-order valence-corrected chi connectivity index (χ0v) is 8.65. The number of alkyl halides is 6. The molecule has 2 N–H and O–H groups in total. The molecule has 0 saturated heterocycles. The van der Waals surface area contributed by atoms with Gasteiger partial charge >= 0.3 is 12.4 Å². The monoisotopic (exact) mass is 273 g/mol. The molecule has 1 unspecified atom stereocenters. The zero-order chi connectivity index (χ0) is 13.4. The number of benzene rings is 1. The van der Waals surface area contributed by atoms with Gasteiger partial charge in [0, 0.05) is 6.04 Å². The zero-order valence-electron chi connectivity index (χ0n) is 8.65. The predicted octanol–water partition coefficient (Wildman–Crippen LogP) is 4.38. The smallest absolute Gasteiger partial charge is 0.324 e. The molecule has 0 fully saturated rings. The van der Waals surface area contributed by atoms with E-state index in [9.17, 15) is 26.3 Å². The van der Waals surface area contributed by atoms with Crippen molar-refractivity contribution in [2.24, 2.45) is 5.73 Å². The number of rotatable bonds is 1. The Hall–Kier alpha value is -1.24. The van der Waals surface area contributed by atoms with Crippen molar-refractivity contribution in [2.75, 3.05) is 0 Å². The molecule has 1 nitrogen and oxygen atoms in total. The highest BCUT2D eigenvalue weighted by Crippen LogP contribution is 2.37. The van der Waals surface area contributed by atoms with E-state index >= 15 is 0 Å². The van der Waals surface area contributed by atoms with Crippen molar-refractivity contribution in [3.05, 3.63) is 34.9 Å². The lowest BCUT2D eigenvalue weighted by molar-refractivity contribution is -0.143. The van der Waals surface area contributed by atoms with Crippen LogP contribution in [0, 0.1) is 0 Å². The lowest BCUT2D eigenvalue weighted by Crippen LogP contribution is -2.14. The molecule has 0 aliphatic carbocycles. The summed E-state index contributed by atoms with van der Waals surface area (Å²) in [7, 11) is 0. The highest BCUT2D eigenvalue weighted by molar-refractivity contribution is 5.34. The van der Waals surface area contributed by atoms with Crippen LogP contribution in [0.4, 0.5) is 26.3 Å². The highest BCUT2D eigenvalue weighted by atomic mass is 19.4. The van der Waals surface area contributed by atoms with Crippen molar-refractivity contribution in [1.82, 2.24) is 0 Å². The summed E-state index contributed by atoms with van der Waals surface area (Å²) in [6, 6.07) is 0.421. The van der Waals surface area contributed by atoms with Crippen LogP contribution in [0.2, 0.25) is 0 Å². The standard InChI is InChI=1S/C10H9F6N.CH4/c1-5(17)6-2-7(9(11,12)13)4-8(3-6)10(14,15)16;/h2-5H,17H2,1H3;1H4. The van der Waals surface area contributed by atoms with E-state index in [0.29, 0.717) is 12.1 Å². The number of nitrogens with two attached hydrogens (primary N) is 1. The second kappa shape index (κ2) is 5.17. The Labute approximate surface area is 101 Å². The summed E-state index contributed by atoms with van der Waals surface area (Å²) >= 11 is 0. The van der Waals surface area contributed by atoms with Gasteiger partial charge in [0.2, 0.25) is 0 Å². The number of hydrogen-bond donors (Lipinski definition) is 1. The van der Waals surface area contributed by atoms with Crippen molar-refractivity contribution in [3.63, 3.8) is 0 Å². The van der Waals surface area contributed by atoms with E-state index in [2.05, 4.69) is 0 Å². The maximum Gasteiger partial charge on any atom is 0.416 e. The third-order valence-electron chi connectivity index (χ3n) is 2.14. The fourth-order valence-electron chi connectivity index (χ4n) is 1.24. The van der Waals surface area contributed by atoms with Gasteiger partial charge in [-0.1, -0.05) is 7.43 Å². The first kappa shape index (κ1) is 16.8. The summed E-state index contributed by atoms with van der Waals surface area (Å²) in [5.41, 5.74) is 2.41. The van der Waals surface area contributed by atoms with Gasteiger partial charge in [0.1, 0.15) is 0 Å². The fourth-order valence-corrected chi connectivity index (χ4v) is 1.24. The molecule has 0 amide bonds. The molecule has 0 spiro atoms. The van der Waals surface area contributed by atoms with Gasteiger partial charge in [0.05, 0.1) is 11.1 Å². The number of halogens is 6. The van der Waals surface area contributed by atoms with Gasteiger partial charge in [-0.3, -0.25) is 0 Å². The molecule has 0 radical (unpaired) electrons. The fraction of sp³-hybridized carbons (Fsp3) is 0.455. The Morgan fingerprint density at radius 2 is 1.22 bits per heavy atom.